The van der Waals surface area contributed by atoms with Crippen LogP contribution in [0.5, 0.6) is 46.0 Å². The number of ether oxygens (including phenoxy) is 8. The zero-order valence-electron chi connectivity index (χ0n) is 66.7. The SMILES string of the molecule is COc1ccc(-c2c3nc(c(-c4ccc(OC)cc4)c4ccc([n-]4)c(-c4ccc(OCc5ccc(COc6ccc(-c7c8nc(c(-c9ccc(OC)cc9)c9ccc([n-]9)c(-c9ccc(OC)cc9)c9nc(c(-c%10ccc(OC)cc%10)c%10ccc7[n-]%10)C=C9)C=C8)cc6)cc5)cc4)c4nc(c(-c5ccc(OC)cc5)c5ccc2[n-]5)C=C4)C=C3)cc1.[Zn+2].[Zn+2]. The molecule has 9 aromatic carbocycles. The van der Waals surface area contributed by atoms with Crippen LogP contribution in [0.2, 0.25) is 0 Å². The maximum absolute atomic E-state index is 6.54. The largest absolute Gasteiger partial charge is 2.00 e. The van der Waals surface area contributed by atoms with Gasteiger partial charge in [-0.05, 0) is 246 Å². The van der Waals surface area contributed by atoms with E-state index >= 15 is 0 Å². The number of fused-ring (bicyclic) bond motifs is 16. The minimum atomic E-state index is 0. The smallest absolute Gasteiger partial charge is 0.657 e. The van der Waals surface area contributed by atoms with Gasteiger partial charge in [0.1, 0.15) is 59.2 Å². The van der Waals surface area contributed by atoms with Crippen LogP contribution in [0.1, 0.15) is 56.7 Å². The molecule has 18 heteroatoms. The van der Waals surface area contributed by atoms with Crippen molar-refractivity contribution < 1.29 is 76.9 Å². The number of methoxy groups -OCH3 is 6. The van der Waals surface area contributed by atoms with Crippen LogP contribution in [-0.4, -0.2) is 62.6 Å². The first-order chi connectivity index (χ1) is 58.1. The Hall–Kier alpha value is -14.2. The Bertz CT molecular complexity index is 6370. The molecular weight excluding hydrogens is 1600 g/mol. The first-order valence-electron chi connectivity index (χ1n) is 38.6. The second kappa shape index (κ2) is 34.2. The molecule has 19 rings (SSSR count). The maximum atomic E-state index is 6.54. The van der Waals surface area contributed by atoms with Gasteiger partial charge in [-0.3, -0.25) is 0 Å². The predicted octanol–water partition coefficient (Wildman–Crippen LogP) is 22.7. The third-order valence-corrected chi connectivity index (χ3v) is 21.6. The van der Waals surface area contributed by atoms with E-state index in [9.17, 15) is 0 Å². The minimum Gasteiger partial charge on any atom is -0.657 e. The van der Waals surface area contributed by atoms with Gasteiger partial charge in [0.05, 0.1) is 88.2 Å². The molecule has 120 heavy (non-hydrogen) atoms. The molecular formula is C102H74N8O8Zn2. The summed E-state index contributed by atoms with van der Waals surface area (Å²) in [6.45, 7) is 0.674. The van der Waals surface area contributed by atoms with Crippen LogP contribution in [0.25, 0.3) is 182 Å². The van der Waals surface area contributed by atoms with Crippen LogP contribution < -0.4 is 57.8 Å². The van der Waals surface area contributed by atoms with Crippen molar-refractivity contribution in [3.05, 3.63) is 324 Å². The molecule has 0 N–H and O–H groups in total. The summed E-state index contributed by atoms with van der Waals surface area (Å²) in [5, 5.41) is 0. The summed E-state index contributed by atoms with van der Waals surface area (Å²) in [6, 6.07) is 89.2. The van der Waals surface area contributed by atoms with Gasteiger partial charge >= 0.3 is 39.0 Å². The zero-order valence-corrected chi connectivity index (χ0v) is 72.6. The van der Waals surface area contributed by atoms with E-state index in [0.717, 1.165) is 224 Å². The summed E-state index contributed by atoms with van der Waals surface area (Å²) in [6.07, 6.45) is 16.5. The van der Waals surface area contributed by atoms with E-state index in [1.807, 2.05) is 170 Å². The van der Waals surface area contributed by atoms with Crippen molar-refractivity contribution in [1.82, 2.24) is 39.9 Å². The number of nitrogens with zero attached hydrogens (tertiary/aromatic N) is 8. The van der Waals surface area contributed by atoms with Crippen molar-refractivity contribution in [3.63, 3.8) is 0 Å². The van der Waals surface area contributed by atoms with Gasteiger partial charge in [0.2, 0.25) is 0 Å². The van der Waals surface area contributed by atoms with Crippen molar-refractivity contribution in [3.8, 4) is 135 Å². The third kappa shape index (κ3) is 15.5. The molecule has 16 nitrogen and oxygen atoms in total. The molecule has 0 saturated heterocycles. The van der Waals surface area contributed by atoms with Gasteiger partial charge in [-0.2, -0.15) is 0 Å². The van der Waals surface area contributed by atoms with E-state index in [2.05, 4.69) is 146 Å². The fourth-order valence-corrected chi connectivity index (χ4v) is 15.6. The zero-order chi connectivity index (χ0) is 79.7. The van der Waals surface area contributed by atoms with Crippen molar-refractivity contribution in [2.45, 2.75) is 13.2 Å². The molecule has 0 fully saturated rings. The molecule has 0 atom stereocenters. The molecule has 10 heterocycles. The van der Waals surface area contributed by atoms with Crippen molar-refractivity contribution >= 4 is 92.7 Å². The summed E-state index contributed by atoms with van der Waals surface area (Å²) in [4.78, 5) is 43.8. The molecule has 6 aromatic heterocycles. The van der Waals surface area contributed by atoms with Crippen molar-refractivity contribution in [1.29, 1.82) is 0 Å². The van der Waals surface area contributed by atoms with Crippen LogP contribution in [0.15, 0.2) is 267 Å². The van der Waals surface area contributed by atoms with Crippen molar-refractivity contribution in [2.24, 2.45) is 0 Å². The van der Waals surface area contributed by atoms with Crippen LogP contribution in [0, 0.1) is 0 Å². The molecule has 4 aliphatic heterocycles. The van der Waals surface area contributed by atoms with Crippen LogP contribution in [0.4, 0.5) is 0 Å². The number of hydrogen-bond donors (Lipinski definition) is 0. The van der Waals surface area contributed by atoms with E-state index < -0.39 is 0 Å². The van der Waals surface area contributed by atoms with Gasteiger partial charge < -0.3 is 57.8 Å². The van der Waals surface area contributed by atoms with E-state index in [1.54, 1.807) is 42.7 Å². The van der Waals surface area contributed by atoms with E-state index in [-0.39, 0.29) is 39.0 Å². The number of rotatable bonds is 20. The van der Waals surface area contributed by atoms with Gasteiger partial charge in [-0.25, -0.2) is 19.9 Å². The van der Waals surface area contributed by atoms with Crippen LogP contribution in [0.3, 0.4) is 0 Å². The molecule has 16 bridgehead atoms. The van der Waals surface area contributed by atoms with Gasteiger partial charge in [-0.1, -0.05) is 170 Å². The quantitative estimate of drug-likeness (QED) is 0.0656. The van der Waals surface area contributed by atoms with Gasteiger partial charge in [0, 0.05) is 0 Å². The fraction of sp³-hybridized carbons (Fsp3) is 0.0784. The summed E-state index contributed by atoms with van der Waals surface area (Å²) in [5.41, 5.74) is 28.1. The maximum Gasteiger partial charge on any atom is 2.00 e. The molecule has 4 aliphatic rings. The summed E-state index contributed by atoms with van der Waals surface area (Å²) < 4.78 is 46.8. The molecule has 0 amide bonds. The molecule has 0 radical (unpaired) electrons. The van der Waals surface area contributed by atoms with E-state index in [0.29, 0.717) is 24.7 Å². The first kappa shape index (κ1) is 78.4. The Kier molecular flexibility index (Phi) is 22.3. The van der Waals surface area contributed by atoms with Crippen molar-refractivity contribution in [2.75, 3.05) is 42.7 Å². The predicted molar refractivity (Wildman–Crippen MR) is 471 cm³/mol. The fourth-order valence-electron chi connectivity index (χ4n) is 15.6. The molecule has 574 valence electrons. The Morgan fingerprint density at radius 2 is 0.325 bits per heavy atom. The van der Waals surface area contributed by atoms with Crippen LogP contribution >= 0.6 is 0 Å². The standard InChI is InChI=1S/C102H74N8O8.2Zn/c1-111-71-27-11-63(12-28-71)95-79-43-47-83(103-79)97(65-15-31-73(113-3)32-16-65)87-51-55-91(107-87)101(92-56-52-88(108-92)98(84-48-44-80(95)104-84)66-17-33-74(114-4)34-18-66)69-23-39-77(40-24-69)117-59-61-7-9-62(10-8-61)60-118-78-41-25-70(26-42-78)102-93-57-53-89(109-93)99(67-19-35-75(115-5)36-20-67)85-49-45-81(105-85)96(64-13-29-72(112-2)30-14-64)82-46-50-86(106-82)100(90-54-58-94(102)110-90)68-21-37-76(116-6)38-22-68;;/h7-58H,59-60H2,1-6H3;;/q-4;2*+2. The number of benzene rings is 9. The monoisotopic (exact) mass is 1670 g/mol. The Morgan fingerprint density at radius 1 is 0.183 bits per heavy atom. The van der Waals surface area contributed by atoms with Gasteiger partial charge in [0.25, 0.3) is 0 Å². The topological polar surface area (TPSA) is 182 Å². The van der Waals surface area contributed by atoms with E-state index in [1.165, 1.54) is 0 Å². The third-order valence-electron chi connectivity index (χ3n) is 21.6. The summed E-state index contributed by atoms with van der Waals surface area (Å²) >= 11 is 0. The normalized spacial score (nSPS) is 11.7. The molecule has 15 aromatic rings. The van der Waals surface area contributed by atoms with Gasteiger partial charge in [-0.15, -0.1) is 44.1 Å². The summed E-state index contributed by atoms with van der Waals surface area (Å²) in [5.74, 6) is 5.86. The average molecular weight is 1670 g/mol. The molecule has 0 aliphatic carbocycles. The average Bonchev–Trinajstić information content (AvgIpc) is 1.62. The minimum absolute atomic E-state index is 0. The van der Waals surface area contributed by atoms with Crippen LogP contribution in [-0.2, 0) is 52.2 Å². The molecule has 0 spiro atoms. The van der Waals surface area contributed by atoms with E-state index in [4.69, 9.17) is 77.8 Å². The Labute approximate surface area is 718 Å². The Balaban J connectivity index is 0.00000514. The second-order valence-electron chi connectivity index (χ2n) is 28.5. The number of hydrogen-bond acceptors (Lipinski definition) is 12. The number of aromatic nitrogens is 8. The van der Waals surface area contributed by atoms with Gasteiger partial charge in [0.15, 0.2) is 0 Å². The summed E-state index contributed by atoms with van der Waals surface area (Å²) in [7, 11) is 10.0. The second-order valence-corrected chi connectivity index (χ2v) is 28.5. The molecule has 0 saturated carbocycles. The first-order valence-corrected chi connectivity index (χ1v) is 38.6. The molecule has 0 unspecified atom stereocenters. The Morgan fingerprint density at radius 3 is 0.467 bits per heavy atom.